The van der Waals surface area contributed by atoms with Gasteiger partial charge >= 0.3 is 5.97 Å². The van der Waals surface area contributed by atoms with E-state index in [1.807, 2.05) is 30.3 Å². The van der Waals surface area contributed by atoms with Crippen molar-refractivity contribution in [1.29, 1.82) is 0 Å². The lowest BCUT2D eigenvalue weighted by Crippen LogP contribution is -2.45. The van der Waals surface area contributed by atoms with E-state index in [0.29, 0.717) is 50.5 Å². The van der Waals surface area contributed by atoms with Crippen LogP contribution in [0.3, 0.4) is 0 Å². The maximum atomic E-state index is 13.0. The highest BCUT2D eigenvalue weighted by Crippen LogP contribution is 2.21. The molecule has 0 aromatic heterocycles. The lowest BCUT2D eigenvalue weighted by molar-refractivity contribution is -0.151. The maximum absolute atomic E-state index is 13.0. The molecule has 2 aromatic carbocycles. The smallest absolute Gasteiger partial charge is 0.309 e. The van der Waals surface area contributed by atoms with Crippen LogP contribution in [-0.2, 0) is 14.3 Å². The summed E-state index contributed by atoms with van der Waals surface area (Å²) in [6, 6.07) is 16.4. The van der Waals surface area contributed by atoms with Crippen LogP contribution in [-0.4, -0.2) is 74.1 Å². The molecule has 0 aliphatic carbocycles. The fourth-order valence-electron chi connectivity index (χ4n) is 3.80. The molecule has 8 nitrogen and oxygen atoms in total. The maximum Gasteiger partial charge on any atom is 0.309 e. The Morgan fingerprint density at radius 3 is 2.29 bits per heavy atom. The Hall–Kier alpha value is -3.55. The Balaban J connectivity index is 1.49. The molecule has 0 atom stereocenters. The second-order valence-electron chi connectivity index (χ2n) is 8.07. The zero-order valence-electron chi connectivity index (χ0n) is 19.8. The first-order chi connectivity index (χ1) is 16.5. The van der Waals surface area contributed by atoms with Crippen molar-refractivity contribution in [3.63, 3.8) is 0 Å². The minimum absolute atomic E-state index is 0.0473. The number of benzene rings is 2. The van der Waals surface area contributed by atoms with Crippen molar-refractivity contribution in [3.8, 4) is 11.5 Å². The summed E-state index contributed by atoms with van der Waals surface area (Å²) in [5.41, 5.74) is 0.388. The third-order valence-corrected chi connectivity index (χ3v) is 5.66. The number of likely N-dealkylation sites (N-methyl/N-ethyl adjacent to an activating group) is 1. The van der Waals surface area contributed by atoms with Crippen LogP contribution in [0.1, 0.15) is 30.1 Å². The van der Waals surface area contributed by atoms with Gasteiger partial charge in [-0.2, -0.15) is 0 Å². The molecule has 0 bridgehead atoms. The fraction of sp³-hybridized carbons (Fsp3) is 0.423. The number of esters is 1. The molecule has 182 valence electrons. The topological polar surface area (TPSA) is 85.4 Å². The lowest BCUT2D eigenvalue weighted by Gasteiger charge is -2.32. The molecule has 1 fully saturated rings. The normalized spacial score (nSPS) is 13.8. The average Bonchev–Trinajstić information content (AvgIpc) is 2.87. The van der Waals surface area contributed by atoms with E-state index >= 15 is 0 Å². The molecule has 0 N–H and O–H groups in total. The van der Waals surface area contributed by atoms with Gasteiger partial charge in [-0.3, -0.25) is 14.4 Å². The van der Waals surface area contributed by atoms with Crippen molar-refractivity contribution < 1.29 is 28.6 Å². The third kappa shape index (κ3) is 6.97. The number of carbonyl (C=O) groups excluding carboxylic acids is 3. The second kappa shape index (κ2) is 12.6. The Morgan fingerprint density at radius 1 is 0.941 bits per heavy atom. The summed E-state index contributed by atoms with van der Waals surface area (Å²) in [5, 5.41) is 0. The number of para-hydroxylation sites is 2. The minimum atomic E-state index is -0.297. The number of carbonyl (C=O) groups is 3. The Bertz CT molecular complexity index is 957. The fourth-order valence-corrected chi connectivity index (χ4v) is 3.80. The van der Waals surface area contributed by atoms with Gasteiger partial charge in [0.05, 0.1) is 24.6 Å². The van der Waals surface area contributed by atoms with Gasteiger partial charge in [0.25, 0.3) is 5.91 Å². The molecular formula is C26H32N2O6. The summed E-state index contributed by atoms with van der Waals surface area (Å²) in [7, 11) is 1.60. The summed E-state index contributed by atoms with van der Waals surface area (Å²) in [6.07, 6.45) is 1.15. The van der Waals surface area contributed by atoms with Crippen LogP contribution in [0.25, 0.3) is 0 Å². The van der Waals surface area contributed by atoms with Gasteiger partial charge in [0.1, 0.15) is 24.7 Å². The highest BCUT2D eigenvalue weighted by atomic mass is 16.5. The SMILES string of the molecule is CCOC(=O)C1CCN(C(=O)CN(C)C(=O)c2ccccc2OCCOc2ccccc2)CC1. The average molecular weight is 469 g/mol. The van der Waals surface area contributed by atoms with E-state index in [1.54, 1.807) is 43.1 Å². The predicted octanol–water partition coefficient (Wildman–Crippen LogP) is 3.02. The monoisotopic (exact) mass is 468 g/mol. The molecular weight excluding hydrogens is 436 g/mol. The summed E-state index contributed by atoms with van der Waals surface area (Å²) in [5.74, 6) is 0.381. The van der Waals surface area contributed by atoms with E-state index in [0.717, 1.165) is 5.75 Å². The largest absolute Gasteiger partial charge is 0.490 e. The highest BCUT2D eigenvalue weighted by Gasteiger charge is 2.29. The third-order valence-electron chi connectivity index (χ3n) is 5.66. The number of rotatable bonds is 10. The van der Waals surface area contributed by atoms with Crippen LogP contribution in [0.2, 0.25) is 0 Å². The number of ether oxygens (including phenoxy) is 3. The van der Waals surface area contributed by atoms with Crippen LogP contribution in [0, 0.1) is 5.92 Å². The molecule has 3 rings (SSSR count). The predicted molar refractivity (Wildman–Crippen MR) is 127 cm³/mol. The van der Waals surface area contributed by atoms with Crippen molar-refractivity contribution in [2.75, 3.05) is 46.5 Å². The number of likely N-dealkylation sites (tertiary alicyclic amines) is 1. The molecule has 0 spiro atoms. The van der Waals surface area contributed by atoms with E-state index in [-0.39, 0.29) is 36.9 Å². The molecule has 0 radical (unpaired) electrons. The number of piperidine rings is 1. The lowest BCUT2D eigenvalue weighted by atomic mass is 9.97. The first-order valence-electron chi connectivity index (χ1n) is 11.6. The minimum Gasteiger partial charge on any atom is -0.490 e. The molecule has 2 aromatic rings. The highest BCUT2D eigenvalue weighted by molar-refractivity contribution is 5.98. The Morgan fingerprint density at radius 2 is 1.59 bits per heavy atom. The van der Waals surface area contributed by atoms with Gasteiger partial charge in [0, 0.05) is 20.1 Å². The van der Waals surface area contributed by atoms with E-state index in [2.05, 4.69) is 0 Å². The first kappa shape index (κ1) is 25.1. The molecule has 8 heteroatoms. The van der Waals surface area contributed by atoms with Crippen LogP contribution in [0.4, 0.5) is 0 Å². The zero-order chi connectivity index (χ0) is 24.3. The van der Waals surface area contributed by atoms with Crippen LogP contribution in [0.5, 0.6) is 11.5 Å². The molecule has 1 heterocycles. The van der Waals surface area contributed by atoms with Crippen molar-refractivity contribution in [3.05, 3.63) is 60.2 Å². The Labute approximate surface area is 200 Å². The molecule has 2 amide bonds. The number of hydrogen-bond acceptors (Lipinski definition) is 6. The Kier molecular flexibility index (Phi) is 9.31. The van der Waals surface area contributed by atoms with Gasteiger partial charge in [-0.25, -0.2) is 0 Å². The standard InChI is InChI=1S/C26H32N2O6/c1-3-32-26(31)20-13-15-28(16-14-20)24(29)19-27(2)25(30)22-11-7-8-12-23(22)34-18-17-33-21-9-5-4-6-10-21/h4-12,20H,3,13-19H2,1-2H3. The van der Waals surface area contributed by atoms with E-state index < -0.39 is 0 Å². The number of amides is 2. The van der Waals surface area contributed by atoms with Gasteiger partial charge in [-0.15, -0.1) is 0 Å². The molecule has 34 heavy (non-hydrogen) atoms. The van der Waals surface area contributed by atoms with Crippen molar-refractivity contribution in [2.45, 2.75) is 19.8 Å². The van der Waals surface area contributed by atoms with Crippen LogP contribution in [0.15, 0.2) is 54.6 Å². The molecule has 0 unspecified atom stereocenters. The van der Waals surface area contributed by atoms with Gasteiger partial charge < -0.3 is 24.0 Å². The van der Waals surface area contributed by atoms with E-state index in [9.17, 15) is 14.4 Å². The second-order valence-corrected chi connectivity index (χ2v) is 8.07. The van der Waals surface area contributed by atoms with Gasteiger partial charge in [-0.1, -0.05) is 30.3 Å². The van der Waals surface area contributed by atoms with Gasteiger partial charge in [0.15, 0.2) is 0 Å². The van der Waals surface area contributed by atoms with Crippen molar-refractivity contribution >= 4 is 17.8 Å². The number of nitrogens with zero attached hydrogens (tertiary/aromatic N) is 2. The molecule has 1 aliphatic rings. The summed E-state index contributed by atoms with van der Waals surface area (Å²) in [4.78, 5) is 40.8. The van der Waals surface area contributed by atoms with E-state index in [1.165, 1.54) is 4.90 Å². The molecule has 1 saturated heterocycles. The summed E-state index contributed by atoms with van der Waals surface area (Å²) >= 11 is 0. The van der Waals surface area contributed by atoms with Crippen LogP contribution >= 0.6 is 0 Å². The van der Waals surface area contributed by atoms with Gasteiger partial charge in [0.2, 0.25) is 5.91 Å². The first-order valence-corrected chi connectivity index (χ1v) is 11.6. The van der Waals surface area contributed by atoms with Crippen molar-refractivity contribution in [1.82, 2.24) is 9.80 Å². The molecule has 0 saturated carbocycles. The zero-order valence-corrected chi connectivity index (χ0v) is 19.8. The summed E-state index contributed by atoms with van der Waals surface area (Å²) < 4.78 is 16.5. The summed E-state index contributed by atoms with van der Waals surface area (Å²) in [6.45, 7) is 3.66. The van der Waals surface area contributed by atoms with E-state index in [4.69, 9.17) is 14.2 Å². The number of hydrogen-bond donors (Lipinski definition) is 0. The quantitative estimate of drug-likeness (QED) is 0.394. The van der Waals surface area contributed by atoms with Crippen LogP contribution < -0.4 is 9.47 Å². The van der Waals surface area contributed by atoms with Gasteiger partial charge in [-0.05, 0) is 44.0 Å². The van der Waals surface area contributed by atoms with Crippen molar-refractivity contribution in [2.24, 2.45) is 5.92 Å². The molecule has 1 aliphatic heterocycles.